The van der Waals surface area contributed by atoms with Crippen molar-refractivity contribution in [3.8, 4) is 5.88 Å². The lowest BCUT2D eigenvalue weighted by Crippen LogP contribution is -2.39. The first-order valence-corrected chi connectivity index (χ1v) is 6.88. The highest BCUT2D eigenvalue weighted by molar-refractivity contribution is 6.32. The molecule has 0 bridgehead atoms. The Labute approximate surface area is 124 Å². The van der Waals surface area contributed by atoms with Crippen LogP contribution in [-0.2, 0) is 0 Å². The van der Waals surface area contributed by atoms with Crippen LogP contribution in [0.15, 0.2) is 12.3 Å². The minimum atomic E-state index is -0.627. The molecule has 112 valence electrons. The lowest BCUT2D eigenvalue weighted by atomic mass is 9.89. The molecule has 0 radical (unpaired) electrons. The van der Waals surface area contributed by atoms with Gasteiger partial charge in [0.2, 0.25) is 5.88 Å². The molecule has 0 aromatic carbocycles. The molecule has 20 heavy (non-hydrogen) atoms. The molecular formula is C14H21ClN2O3. The van der Waals surface area contributed by atoms with Gasteiger partial charge in [-0.1, -0.05) is 32.4 Å². The molecule has 1 unspecified atom stereocenters. The number of hydrogen-bond donors (Lipinski definition) is 2. The van der Waals surface area contributed by atoms with E-state index >= 15 is 0 Å². The van der Waals surface area contributed by atoms with Crippen molar-refractivity contribution in [2.75, 3.05) is 13.2 Å². The van der Waals surface area contributed by atoms with Crippen molar-refractivity contribution in [2.24, 2.45) is 5.41 Å². The monoisotopic (exact) mass is 300 g/mol. The summed E-state index contributed by atoms with van der Waals surface area (Å²) in [5.41, 5.74) is 0.0432. The van der Waals surface area contributed by atoms with E-state index in [0.717, 1.165) is 0 Å². The predicted molar refractivity (Wildman–Crippen MR) is 78.2 cm³/mol. The van der Waals surface area contributed by atoms with Gasteiger partial charge in [-0.05, 0) is 18.4 Å². The van der Waals surface area contributed by atoms with E-state index in [2.05, 4.69) is 10.3 Å². The number of halogens is 1. The molecule has 0 aliphatic heterocycles. The van der Waals surface area contributed by atoms with Gasteiger partial charge in [0.25, 0.3) is 5.91 Å². The normalized spacial score (nSPS) is 12.9. The van der Waals surface area contributed by atoms with Gasteiger partial charge in [-0.25, -0.2) is 4.98 Å². The van der Waals surface area contributed by atoms with E-state index in [4.69, 9.17) is 16.3 Å². The fraction of sp³-hybridized carbons (Fsp3) is 0.571. The molecule has 1 rings (SSSR count). The van der Waals surface area contributed by atoms with Gasteiger partial charge >= 0.3 is 0 Å². The molecule has 0 fully saturated rings. The summed E-state index contributed by atoms with van der Waals surface area (Å²) in [6.07, 6.45) is 0.771. The molecular weight excluding hydrogens is 280 g/mol. The fourth-order valence-electron chi connectivity index (χ4n) is 1.39. The first kappa shape index (κ1) is 16.7. The first-order valence-electron chi connectivity index (χ1n) is 6.50. The van der Waals surface area contributed by atoms with Gasteiger partial charge in [0.05, 0.1) is 18.3 Å². The highest BCUT2D eigenvalue weighted by atomic mass is 35.5. The molecule has 1 amide bonds. The van der Waals surface area contributed by atoms with E-state index in [0.29, 0.717) is 18.1 Å². The van der Waals surface area contributed by atoms with Gasteiger partial charge in [0.1, 0.15) is 5.02 Å². The Kier molecular flexibility index (Phi) is 5.77. The second kappa shape index (κ2) is 6.90. The number of ether oxygens (including phenoxy) is 1. The summed E-state index contributed by atoms with van der Waals surface area (Å²) in [7, 11) is 0. The van der Waals surface area contributed by atoms with Crippen LogP contribution in [-0.4, -0.2) is 35.3 Å². The number of rotatable bonds is 5. The van der Waals surface area contributed by atoms with Crippen LogP contribution < -0.4 is 10.1 Å². The topological polar surface area (TPSA) is 71.5 Å². The van der Waals surface area contributed by atoms with Gasteiger partial charge < -0.3 is 15.2 Å². The van der Waals surface area contributed by atoms with Crippen LogP contribution in [0.1, 0.15) is 38.1 Å². The number of aliphatic hydroxyl groups is 1. The Balaban J connectivity index is 2.67. The molecule has 1 heterocycles. The molecule has 5 nitrogen and oxygen atoms in total. The largest absolute Gasteiger partial charge is 0.477 e. The summed E-state index contributed by atoms with van der Waals surface area (Å²) < 4.78 is 5.20. The average Bonchev–Trinajstić information content (AvgIpc) is 2.37. The Bertz CT molecular complexity index is 472. The molecule has 0 spiro atoms. The zero-order valence-corrected chi connectivity index (χ0v) is 13.0. The van der Waals surface area contributed by atoms with Crippen molar-refractivity contribution in [3.05, 3.63) is 22.8 Å². The number of carbonyl (C=O) groups excluding carboxylic acids is 1. The Morgan fingerprint density at radius 1 is 1.55 bits per heavy atom. The smallest absolute Gasteiger partial charge is 0.252 e. The van der Waals surface area contributed by atoms with E-state index in [1.54, 1.807) is 0 Å². The maximum Gasteiger partial charge on any atom is 0.252 e. The highest BCUT2D eigenvalue weighted by Crippen LogP contribution is 2.22. The lowest BCUT2D eigenvalue weighted by molar-refractivity contribution is 0.0586. The second-order valence-corrected chi connectivity index (χ2v) is 5.94. The number of nitrogens with zero attached hydrogens (tertiary/aromatic N) is 1. The molecule has 0 saturated heterocycles. The number of amides is 1. The highest BCUT2D eigenvalue weighted by Gasteiger charge is 2.22. The van der Waals surface area contributed by atoms with Crippen molar-refractivity contribution in [3.63, 3.8) is 0 Å². The van der Waals surface area contributed by atoms with Crippen molar-refractivity contribution >= 4 is 17.5 Å². The van der Waals surface area contributed by atoms with E-state index in [1.165, 1.54) is 12.3 Å². The minimum absolute atomic E-state index is 0.174. The number of aromatic nitrogens is 1. The van der Waals surface area contributed by atoms with Gasteiger partial charge in [0, 0.05) is 12.7 Å². The van der Waals surface area contributed by atoms with Crippen molar-refractivity contribution in [2.45, 2.75) is 33.8 Å². The van der Waals surface area contributed by atoms with Crippen LogP contribution in [0.3, 0.4) is 0 Å². The zero-order valence-electron chi connectivity index (χ0n) is 12.2. The molecule has 1 aromatic rings. The Morgan fingerprint density at radius 3 is 2.70 bits per heavy atom. The third-order valence-corrected chi connectivity index (χ3v) is 3.08. The maximum atomic E-state index is 11.9. The van der Waals surface area contributed by atoms with Crippen molar-refractivity contribution in [1.29, 1.82) is 0 Å². The van der Waals surface area contributed by atoms with Crippen molar-refractivity contribution in [1.82, 2.24) is 10.3 Å². The summed E-state index contributed by atoms with van der Waals surface area (Å²) in [5, 5.41) is 12.8. The molecule has 0 aliphatic rings. The number of carbonyl (C=O) groups is 1. The average molecular weight is 301 g/mol. The number of pyridine rings is 1. The van der Waals surface area contributed by atoms with Crippen LogP contribution in [0, 0.1) is 5.41 Å². The van der Waals surface area contributed by atoms with E-state index in [9.17, 15) is 9.90 Å². The Hall–Kier alpha value is -1.33. The maximum absolute atomic E-state index is 11.9. The summed E-state index contributed by atoms with van der Waals surface area (Å²) in [5.74, 6) is -0.0220. The predicted octanol–water partition coefficient (Wildman–Crippen LogP) is 2.27. The van der Waals surface area contributed by atoms with Gasteiger partial charge in [-0.15, -0.1) is 0 Å². The van der Waals surface area contributed by atoms with Gasteiger partial charge in [-0.2, -0.15) is 0 Å². The Morgan fingerprint density at radius 2 is 2.20 bits per heavy atom. The van der Waals surface area contributed by atoms with Gasteiger partial charge in [-0.3, -0.25) is 4.79 Å². The van der Waals surface area contributed by atoms with Crippen molar-refractivity contribution < 1.29 is 14.6 Å². The molecule has 2 N–H and O–H groups in total. The molecule has 1 atom stereocenters. The van der Waals surface area contributed by atoms with E-state index in [1.807, 2.05) is 27.7 Å². The summed E-state index contributed by atoms with van der Waals surface area (Å²) in [6.45, 7) is 8.16. The molecule has 1 aromatic heterocycles. The quantitative estimate of drug-likeness (QED) is 0.875. The standard InChI is InChI=1S/C14H21ClN2O3/c1-5-20-13-10(15)6-9(7-17-13)12(19)16-8-11(18)14(2,3)4/h6-7,11,18H,5,8H2,1-4H3,(H,16,19). The molecule has 0 saturated carbocycles. The summed E-state index contributed by atoms with van der Waals surface area (Å²) >= 11 is 5.97. The number of aliphatic hydroxyl groups excluding tert-OH is 1. The van der Waals surface area contributed by atoms with Crippen LogP contribution in [0.5, 0.6) is 5.88 Å². The van der Waals surface area contributed by atoms with Crippen LogP contribution in [0.25, 0.3) is 0 Å². The fourth-order valence-corrected chi connectivity index (χ4v) is 1.61. The zero-order chi connectivity index (χ0) is 15.3. The second-order valence-electron chi connectivity index (χ2n) is 5.54. The molecule has 6 heteroatoms. The summed E-state index contributed by atoms with van der Waals surface area (Å²) in [6, 6.07) is 1.50. The number of nitrogens with one attached hydrogen (secondary N) is 1. The van der Waals surface area contributed by atoms with E-state index in [-0.39, 0.29) is 22.9 Å². The van der Waals surface area contributed by atoms with Crippen LogP contribution >= 0.6 is 11.6 Å². The third-order valence-electron chi connectivity index (χ3n) is 2.81. The minimum Gasteiger partial charge on any atom is -0.477 e. The van der Waals surface area contributed by atoms with E-state index < -0.39 is 6.10 Å². The first-order chi connectivity index (χ1) is 9.25. The summed E-state index contributed by atoms with van der Waals surface area (Å²) in [4.78, 5) is 15.9. The number of hydrogen-bond acceptors (Lipinski definition) is 4. The van der Waals surface area contributed by atoms with Gasteiger partial charge in [0.15, 0.2) is 0 Å². The van der Waals surface area contributed by atoms with Crippen LogP contribution in [0.2, 0.25) is 5.02 Å². The SMILES string of the molecule is CCOc1ncc(C(=O)NCC(O)C(C)(C)C)cc1Cl. The van der Waals surface area contributed by atoms with Crippen LogP contribution in [0.4, 0.5) is 0 Å². The molecule has 0 aliphatic carbocycles. The third kappa shape index (κ3) is 4.65. The lowest BCUT2D eigenvalue weighted by Gasteiger charge is -2.25.